The van der Waals surface area contributed by atoms with E-state index >= 15 is 4.39 Å². The number of carbonyl (C=O) groups excluding carboxylic acids is 1. The Kier molecular flexibility index (Phi) is 6.18. The Morgan fingerprint density at radius 2 is 1.77 bits per heavy atom. The standard InChI is InChI=1S/C22H31FN6OS/c1-14-11-29(12-15(2)27(14)4)20-10-17(23)16(9-18(20)24)19-13-31-21(25-19)22(30)28-7-5-26(3)6-8-28/h9-10,13-15H,5-8,11-12,24H2,1-4H3/t14-,15+. The molecule has 3 heterocycles. The summed E-state index contributed by atoms with van der Waals surface area (Å²) in [7, 11) is 4.16. The van der Waals surface area contributed by atoms with E-state index in [4.69, 9.17) is 5.73 Å². The fourth-order valence-electron chi connectivity index (χ4n) is 4.29. The summed E-state index contributed by atoms with van der Waals surface area (Å²) in [5.41, 5.74) is 8.40. The molecule has 0 bridgehead atoms. The van der Waals surface area contributed by atoms with Crippen LogP contribution in [0.5, 0.6) is 0 Å². The number of anilines is 2. The maximum absolute atomic E-state index is 15.1. The van der Waals surface area contributed by atoms with Crippen LogP contribution in [0.3, 0.4) is 0 Å². The van der Waals surface area contributed by atoms with Crippen molar-refractivity contribution in [2.45, 2.75) is 25.9 Å². The second kappa shape index (κ2) is 8.72. The Labute approximate surface area is 187 Å². The maximum Gasteiger partial charge on any atom is 0.282 e. The molecular formula is C22H31FN6OS. The molecule has 2 aliphatic heterocycles. The van der Waals surface area contributed by atoms with Gasteiger partial charge in [-0.2, -0.15) is 0 Å². The number of likely N-dealkylation sites (N-methyl/N-ethyl adjacent to an activating group) is 2. The Balaban J connectivity index is 1.55. The number of halogens is 1. The number of aromatic nitrogens is 1. The van der Waals surface area contributed by atoms with E-state index in [9.17, 15) is 4.79 Å². The van der Waals surface area contributed by atoms with Crippen LogP contribution in [0.1, 0.15) is 23.6 Å². The van der Waals surface area contributed by atoms with E-state index in [-0.39, 0.29) is 11.7 Å². The van der Waals surface area contributed by atoms with Crippen LogP contribution in [-0.4, -0.2) is 91.0 Å². The van der Waals surface area contributed by atoms with E-state index in [0.29, 0.717) is 47.1 Å². The van der Waals surface area contributed by atoms with Crippen LogP contribution in [0.2, 0.25) is 0 Å². The minimum Gasteiger partial charge on any atom is -0.397 e. The van der Waals surface area contributed by atoms with E-state index < -0.39 is 0 Å². The molecule has 2 N–H and O–H groups in total. The quantitative estimate of drug-likeness (QED) is 0.731. The maximum atomic E-state index is 15.1. The van der Waals surface area contributed by atoms with Gasteiger partial charge in [0.15, 0.2) is 5.01 Å². The van der Waals surface area contributed by atoms with Gasteiger partial charge in [-0.15, -0.1) is 11.3 Å². The first-order chi connectivity index (χ1) is 14.7. The molecule has 0 spiro atoms. The number of carbonyl (C=O) groups is 1. The van der Waals surface area contributed by atoms with E-state index in [2.05, 4.69) is 40.6 Å². The molecule has 2 saturated heterocycles. The summed E-state index contributed by atoms with van der Waals surface area (Å²) >= 11 is 1.26. The number of nitrogens with two attached hydrogens (primary N) is 1. The highest BCUT2D eigenvalue weighted by atomic mass is 32.1. The normalized spacial score (nSPS) is 23.4. The second-order valence-electron chi connectivity index (χ2n) is 8.79. The largest absolute Gasteiger partial charge is 0.397 e. The molecule has 1 aromatic heterocycles. The second-order valence-corrected chi connectivity index (χ2v) is 9.65. The first kappa shape index (κ1) is 22.0. The van der Waals surface area contributed by atoms with E-state index in [1.54, 1.807) is 11.4 Å². The van der Waals surface area contributed by atoms with Crippen molar-refractivity contribution in [3.8, 4) is 11.3 Å². The monoisotopic (exact) mass is 446 g/mol. The third-order valence-corrected chi connectivity index (χ3v) is 7.40. The van der Waals surface area contributed by atoms with Crippen molar-refractivity contribution in [3.63, 3.8) is 0 Å². The molecule has 1 aromatic carbocycles. The van der Waals surface area contributed by atoms with Gasteiger partial charge in [-0.25, -0.2) is 9.37 Å². The van der Waals surface area contributed by atoms with Gasteiger partial charge >= 0.3 is 0 Å². The molecule has 2 aromatic rings. The molecule has 2 aliphatic rings. The van der Waals surface area contributed by atoms with Crippen molar-refractivity contribution in [3.05, 3.63) is 28.3 Å². The van der Waals surface area contributed by atoms with Crippen LogP contribution in [0.15, 0.2) is 17.5 Å². The minimum absolute atomic E-state index is 0.0882. The Bertz CT molecular complexity index is 945. The summed E-state index contributed by atoms with van der Waals surface area (Å²) in [6.07, 6.45) is 0. The van der Waals surface area contributed by atoms with Gasteiger partial charge < -0.3 is 20.4 Å². The summed E-state index contributed by atoms with van der Waals surface area (Å²) in [6.45, 7) is 8.98. The predicted octanol–water partition coefficient (Wildman–Crippen LogP) is 2.45. The summed E-state index contributed by atoms with van der Waals surface area (Å²) in [5.74, 6) is -0.456. The highest BCUT2D eigenvalue weighted by Crippen LogP contribution is 2.34. The zero-order valence-electron chi connectivity index (χ0n) is 18.6. The van der Waals surface area contributed by atoms with Gasteiger partial charge in [0, 0.05) is 62.3 Å². The Hall–Kier alpha value is -2.23. The van der Waals surface area contributed by atoms with Crippen molar-refractivity contribution >= 4 is 28.6 Å². The van der Waals surface area contributed by atoms with Crippen molar-refractivity contribution in [1.82, 2.24) is 19.7 Å². The highest BCUT2D eigenvalue weighted by molar-refractivity contribution is 7.12. The van der Waals surface area contributed by atoms with Crippen molar-refractivity contribution < 1.29 is 9.18 Å². The first-order valence-corrected chi connectivity index (χ1v) is 11.6. The number of hydrogen-bond donors (Lipinski definition) is 1. The third kappa shape index (κ3) is 4.40. The van der Waals surface area contributed by atoms with E-state index in [0.717, 1.165) is 31.9 Å². The molecule has 0 saturated carbocycles. The van der Waals surface area contributed by atoms with Crippen LogP contribution in [0, 0.1) is 5.82 Å². The van der Waals surface area contributed by atoms with Crippen LogP contribution >= 0.6 is 11.3 Å². The van der Waals surface area contributed by atoms with E-state index in [1.807, 2.05) is 11.9 Å². The van der Waals surface area contributed by atoms with Crippen LogP contribution in [0.4, 0.5) is 15.8 Å². The van der Waals surface area contributed by atoms with Crippen molar-refractivity contribution in [2.75, 3.05) is 64.0 Å². The fourth-order valence-corrected chi connectivity index (χ4v) is 5.08. The van der Waals surface area contributed by atoms with Gasteiger partial charge in [0.1, 0.15) is 5.82 Å². The summed E-state index contributed by atoms with van der Waals surface area (Å²) in [5, 5.41) is 2.13. The van der Waals surface area contributed by atoms with Crippen LogP contribution in [0.25, 0.3) is 11.3 Å². The van der Waals surface area contributed by atoms with Gasteiger partial charge in [0.25, 0.3) is 5.91 Å². The SMILES string of the molecule is C[C@@H]1CN(c2cc(F)c(-c3csc(C(=O)N4CCN(C)CC4)n3)cc2N)C[C@H](C)N1C. The molecular weight excluding hydrogens is 415 g/mol. The average molecular weight is 447 g/mol. The lowest BCUT2D eigenvalue weighted by molar-refractivity contribution is 0.0664. The molecule has 9 heteroatoms. The van der Waals surface area contributed by atoms with Gasteiger partial charge in [0.05, 0.1) is 17.1 Å². The number of rotatable bonds is 3. The minimum atomic E-state index is -0.368. The Morgan fingerprint density at radius 3 is 2.42 bits per heavy atom. The zero-order valence-corrected chi connectivity index (χ0v) is 19.5. The summed E-state index contributed by atoms with van der Waals surface area (Å²) in [6, 6.07) is 3.87. The molecule has 2 atom stereocenters. The number of hydrogen-bond acceptors (Lipinski definition) is 7. The lowest BCUT2D eigenvalue weighted by Crippen LogP contribution is -2.55. The molecule has 0 unspecified atom stereocenters. The molecule has 168 valence electrons. The summed E-state index contributed by atoms with van der Waals surface area (Å²) in [4.78, 5) is 25.7. The van der Waals surface area contributed by atoms with Crippen LogP contribution in [-0.2, 0) is 0 Å². The average Bonchev–Trinajstić information content (AvgIpc) is 3.23. The van der Waals surface area contributed by atoms with Crippen molar-refractivity contribution in [2.24, 2.45) is 0 Å². The number of amides is 1. The predicted molar refractivity (Wildman–Crippen MR) is 124 cm³/mol. The third-order valence-electron chi connectivity index (χ3n) is 6.57. The van der Waals surface area contributed by atoms with Gasteiger partial charge in [-0.1, -0.05) is 0 Å². The molecule has 0 radical (unpaired) electrons. The fraction of sp³-hybridized carbons (Fsp3) is 0.545. The lowest BCUT2D eigenvalue weighted by Gasteiger charge is -2.43. The molecule has 2 fully saturated rings. The van der Waals surface area contributed by atoms with E-state index in [1.165, 1.54) is 17.4 Å². The van der Waals surface area contributed by atoms with Crippen molar-refractivity contribution in [1.29, 1.82) is 0 Å². The van der Waals surface area contributed by atoms with Gasteiger partial charge in [-0.3, -0.25) is 9.69 Å². The zero-order chi connectivity index (χ0) is 22.3. The number of nitrogens with zero attached hydrogens (tertiary/aromatic N) is 5. The number of nitrogen functional groups attached to an aromatic ring is 1. The molecule has 1 amide bonds. The number of benzene rings is 1. The molecule has 0 aliphatic carbocycles. The topological polar surface area (TPSA) is 68.9 Å². The van der Waals surface area contributed by atoms with Gasteiger partial charge in [0.2, 0.25) is 0 Å². The summed E-state index contributed by atoms with van der Waals surface area (Å²) < 4.78 is 15.1. The first-order valence-electron chi connectivity index (χ1n) is 10.7. The molecule has 7 nitrogen and oxygen atoms in total. The molecule has 4 rings (SSSR count). The smallest absolute Gasteiger partial charge is 0.282 e. The Morgan fingerprint density at radius 1 is 1.13 bits per heavy atom. The highest BCUT2D eigenvalue weighted by Gasteiger charge is 2.29. The number of thiazole rings is 1. The van der Waals surface area contributed by atoms with Crippen LogP contribution < -0.4 is 10.6 Å². The number of piperazine rings is 2. The van der Waals surface area contributed by atoms with Gasteiger partial charge in [-0.05, 0) is 40.1 Å². The lowest BCUT2D eigenvalue weighted by atomic mass is 10.1. The molecule has 31 heavy (non-hydrogen) atoms.